The van der Waals surface area contributed by atoms with Gasteiger partial charge >= 0.3 is 0 Å². The van der Waals surface area contributed by atoms with Crippen LogP contribution in [0.1, 0.15) is 0 Å². The lowest BCUT2D eigenvalue weighted by Gasteiger charge is -1.97. The molecule has 0 unspecified atom stereocenters. The molecule has 90 valence electrons. The fraction of sp³-hybridized carbons (Fsp3) is 0. The van der Waals surface area contributed by atoms with Crippen molar-refractivity contribution in [2.75, 3.05) is 0 Å². The van der Waals surface area contributed by atoms with Crippen LogP contribution in [-0.4, -0.2) is 24.8 Å². The Bertz CT molecular complexity index is 972. The van der Waals surface area contributed by atoms with Gasteiger partial charge in [-0.05, 0) is 16.7 Å². The highest BCUT2D eigenvalue weighted by Crippen LogP contribution is 2.33. The summed E-state index contributed by atoms with van der Waals surface area (Å²) in [5.74, 6) is 0.308. The van der Waals surface area contributed by atoms with E-state index in [0.717, 1.165) is 21.8 Å². The molecule has 3 aromatic heterocycles. The van der Waals surface area contributed by atoms with Crippen LogP contribution in [0.25, 0.3) is 37.9 Å². The molecule has 8 heteroatoms. The number of hydrogen-bond acceptors (Lipinski definition) is 4. The largest absolute Gasteiger partial charge is 0.351 e. The van der Waals surface area contributed by atoms with Crippen molar-refractivity contribution < 1.29 is 0 Å². The fourth-order valence-electron chi connectivity index (χ4n) is 2.27. The summed E-state index contributed by atoms with van der Waals surface area (Å²) in [6, 6.07) is 7.74. The lowest BCUT2D eigenvalue weighted by atomic mass is 10.2. The summed E-state index contributed by atoms with van der Waals surface area (Å²) in [6.07, 6.45) is 1.47. The van der Waals surface area contributed by atoms with E-state index < -0.39 is 0 Å². The zero-order chi connectivity index (χ0) is 12.8. The van der Waals surface area contributed by atoms with Gasteiger partial charge in [-0.2, -0.15) is 9.61 Å². The number of nitrogens with one attached hydrogen (secondary N) is 1. The Kier molecular flexibility index (Phi) is 1.78. The van der Waals surface area contributed by atoms with E-state index in [9.17, 15) is 0 Å². The Hall–Kier alpha value is -3.12. The molecule has 0 spiro atoms. The second-order valence-corrected chi connectivity index (χ2v) is 4.03. The van der Waals surface area contributed by atoms with E-state index in [2.05, 4.69) is 30.3 Å². The minimum absolute atomic E-state index is 0.308. The van der Waals surface area contributed by atoms with Crippen LogP contribution >= 0.6 is 0 Å². The average Bonchev–Trinajstić information content (AvgIpc) is 3.02. The van der Waals surface area contributed by atoms with Crippen molar-refractivity contribution in [3.63, 3.8) is 0 Å². The molecular weight excluding hydrogens is 244 g/mol. The summed E-state index contributed by atoms with van der Waals surface area (Å²) in [5, 5.41) is 17.4. The summed E-state index contributed by atoms with van der Waals surface area (Å²) in [7, 11) is 0. The number of fused-ring (bicyclic) bond motifs is 5. The Labute approximate surface area is 105 Å². The monoisotopic (exact) mass is 250 g/mol. The van der Waals surface area contributed by atoms with E-state index in [0.29, 0.717) is 11.5 Å². The number of aromatic nitrogens is 5. The number of hydrogen-bond donors (Lipinski definition) is 1. The average molecular weight is 250 g/mol. The summed E-state index contributed by atoms with van der Waals surface area (Å²) in [6.45, 7) is 0. The van der Waals surface area contributed by atoms with Gasteiger partial charge in [0.15, 0.2) is 5.82 Å². The molecule has 3 heterocycles. The molecule has 0 amide bonds. The third kappa shape index (κ3) is 1.23. The third-order valence-corrected chi connectivity index (χ3v) is 3.03. The molecule has 0 saturated heterocycles. The molecule has 1 N–H and O–H groups in total. The second kappa shape index (κ2) is 3.44. The van der Waals surface area contributed by atoms with Crippen LogP contribution < -0.4 is 0 Å². The van der Waals surface area contributed by atoms with E-state index >= 15 is 0 Å². The van der Waals surface area contributed by atoms with Crippen LogP contribution in [0.5, 0.6) is 0 Å². The SMILES string of the molecule is [N-]=[N+]=Nc1nn2cnnc2c2[nH]c3ccccc3c12. The lowest BCUT2D eigenvalue weighted by Crippen LogP contribution is -1.91. The smallest absolute Gasteiger partial charge is 0.201 e. The van der Waals surface area contributed by atoms with Gasteiger partial charge in [-0.1, -0.05) is 18.2 Å². The molecule has 8 nitrogen and oxygen atoms in total. The van der Waals surface area contributed by atoms with Gasteiger partial charge in [0.1, 0.15) is 6.33 Å². The van der Waals surface area contributed by atoms with E-state index in [1.165, 1.54) is 10.8 Å². The third-order valence-electron chi connectivity index (χ3n) is 3.03. The number of azide groups is 1. The summed E-state index contributed by atoms with van der Waals surface area (Å²) in [4.78, 5) is 6.09. The van der Waals surface area contributed by atoms with Crippen molar-refractivity contribution in [3.8, 4) is 0 Å². The van der Waals surface area contributed by atoms with Gasteiger partial charge < -0.3 is 4.98 Å². The summed E-state index contributed by atoms with van der Waals surface area (Å²) in [5.41, 5.74) is 11.0. The molecule has 0 aliphatic carbocycles. The molecule has 4 aromatic rings. The van der Waals surface area contributed by atoms with Gasteiger partial charge in [0, 0.05) is 21.2 Å². The van der Waals surface area contributed by atoms with Gasteiger partial charge in [-0.3, -0.25) is 0 Å². The Morgan fingerprint density at radius 2 is 2.21 bits per heavy atom. The Morgan fingerprint density at radius 3 is 3.11 bits per heavy atom. The van der Waals surface area contributed by atoms with Crippen LogP contribution in [0.3, 0.4) is 0 Å². The topological polar surface area (TPSA) is 108 Å². The molecule has 0 atom stereocenters. The van der Waals surface area contributed by atoms with E-state index in [4.69, 9.17) is 5.53 Å². The van der Waals surface area contributed by atoms with Crippen molar-refractivity contribution in [1.29, 1.82) is 0 Å². The predicted molar refractivity (Wildman–Crippen MR) is 69.0 cm³/mol. The van der Waals surface area contributed by atoms with Crippen LogP contribution in [0.2, 0.25) is 0 Å². The fourth-order valence-corrected chi connectivity index (χ4v) is 2.27. The highest BCUT2D eigenvalue weighted by molar-refractivity contribution is 6.15. The predicted octanol–water partition coefficient (Wildman–Crippen LogP) is 2.70. The molecule has 1 aromatic carbocycles. The number of benzene rings is 1. The first-order valence-corrected chi connectivity index (χ1v) is 5.54. The van der Waals surface area contributed by atoms with Gasteiger partial charge in [-0.15, -0.1) is 10.2 Å². The first kappa shape index (κ1) is 9.86. The first-order valence-electron chi connectivity index (χ1n) is 5.54. The van der Waals surface area contributed by atoms with Crippen molar-refractivity contribution in [2.24, 2.45) is 5.11 Å². The highest BCUT2D eigenvalue weighted by Gasteiger charge is 2.14. The van der Waals surface area contributed by atoms with E-state index in [1.807, 2.05) is 24.3 Å². The van der Waals surface area contributed by atoms with Crippen molar-refractivity contribution >= 4 is 33.3 Å². The molecular formula is C11H6N8. The van der Waals surface area contributed by atoms with Crippen molar-refractivity contribution in [2.45, 2.75) is 0 Å². The van der Waals surface area contributed by atoms with Crippen LogP contribution in [0, 0.1) is 0 Å². The zero-order valence-corrected chi connectivity index (χ0v) is 9.52. The molecule has 0 aliphatic rings. The molecule has 0 saturated carbocycles. The number of H-pyrrole nitrogens is 1. The molecule has 0 radical (unpaired) electrons. The van der Waals surface area contributed by atoms with Gasteiger partial charge in [0.25, 0.3) is 0 Å². The van der Waals surface area contributed by atoms with Gasteiger partial charge in [0.05, 0.1) is 5.52 Å². The highest BCUT2D eigenvalue weighted by atomic mass is 15.4. The first-order chi connectivity index (χ1) is 9.38. The maximum absolute atomic E-state index is 8.68. The molecule has 0 bridgehead atoms. The molecule has 19 heavy (non-hydrogen) atoms. The van der Waals surface area contributed by atoms with Gasteiger partial charge in [0.2, 0.25) is 5.65 Å². The summed E-state index contributed by atoms with van der Waals surface area (Å²) >= 11 is 0. The number of para-hydroxylation sites is 1. The minimum Gasteiger partial charge on any atom is -0.351 e. The van der Waals surface area contributed by atoms with Crippen LogP contribution in [-0.2, 0) is 0 Å². The number of rotatable bonds is 1. The Balaban J connectivity index is 2.37. The standard InChI is InChI=1S/C11H6N8/c12-18-15-10-8-6-3-1-2-4-7(6)14-9(8)11-16-13-5-19(11)17-10/h1-5,14H. The lowest BCUT2D eigenvalue weighted by molar-refractivity contribution is 0.932. The molecule has 0 fully saturated rings. The van der Waals surface area contributed by atoms with E-state index in [1.54, 1.807) is 0 Å². The maximum Gasteiger partial charge on any atom is 0.201 e. The van der Waals surface area contributed by atoms with Gasteiger partial charge in [-0.25, -0.2) is 0 Å². The molecule has 4 rings (SSSR count). The zero-order valence-electron chi connectivity index (χ0n) is 9.52. The second-order valence-electron chi connectivity index (χ2n) is 4.03. The summed E-state index contributed by atoms with van der Waals surface area (Å²) < 4.78 is 1.49. The van der Waals surface area contributed by atoms with Crippen molar-refractivity contribution in [1.82, 2.24) is 24.8 Å². The van der Waals surface area contributed by atoms with Crippen LogP contribution in [0.15, 0.2) is 35.7 Å². The Morgan fingerprint density at radius 1 is 1.32 bits per heavy atom. The normalized spacial score (nSPS) is 11.2. The molecule has 0 aliphatic heterocycles. The van der Waals surface area contributed by atoms with E-state index in [-0.39, 0.29) is 0 Å². The minimum atomic E-state index is 0.308. The number of nitrogens with zero attached hydrogens (tertiary/aromatic N) is 7. The number of aromatic amines is 1. The quantitative estimate of drug-likeness (QED) is 0.318. The maximum atomic E-state index is 8.68. The van der Waals surface area contributed by atoms with Crippen molar-refractivity contribution in [3.05, 3.63) is 41.0 Å². The van der Waals surface area contributed by atoms with Crippen LogP contribution in [0.4, 0.5) is 5.82 Å².